The predicted octanol–water partition coefficient (Wildman–Crippen LogP) is 2.23. The van der Waals surface area contributed by atoms with Crippen LogP contribution < -0.4 is 0 Å². The highest BCUT2D eigenvalue weighted by Gasteiger charge is 2.15. The van der Waals surface area contributed by atoms with E-state index >= 15 is 0 Å². The lowest BCUT2D eigenvalue weighted by Gasteiger charge is -2.29. The first-order valence-electron chi connectivity index (χ1n) is 6.03. The lowest BCUT2D eigenvalue weighted by atomic mass is 9.95. The van der Waals surface area contributed by atoms with E-state index in [1.54, 1.807) is 0 Å². The van der Waals surface area contributed by atoms with Gasteiger partial charge in [0.25, 0.3) is 0 Å². The molecule has 2 nitrogen and oxygen atoms in total. The van der Waals surface area contributed by atoms with Crippen LogP contribution in [0.2, 0.25) is 0 Å². The van der Waals surface area contributed by atoms with Crippen LogP contribution in [0.4, 0.5) is 0 Å². The van der Waals surface area contributed by atoms with Crippen LogP contribution in [0.3, 0.4) is 0 Å². The van der Waals surface area contributed by atoms with E-state index in [0.717, 1.165) is 26.3 Å². The summed E-state index contributed by atoms with van der Waals surface area (Å²) in [7, 11) is 0. The van der Waals surface area contributed by atoms with Crippen molar-refractivity contribution in [3.8, 4) is 0 Å². The zero-order valence-electron chi connectivity index (χ0n) is 9.61. The average molecular weight is 207 g/mol. The maximum atomic E-state index is 5.36. The third kappa shape index (κ3) is 3.18. The number of hydrogen-bond donors (Lipinski definition) is 0. The van der Waals surface area contributed by atoms with Crippen molar-refractivity contribution < 1.29 is 4.74 Å². The molecule has 0 spiro atoms. The van der Waals surface area contributed by atoms with E-state index in [4.69, 9.17) is 4.74 Å². The van der Waals surface area contributed by atoms with Crippen molar-refractivity contribution in [2.75, 3.05) is 32.8 Å². The molecule has 84 valence electrons. The Morgan fingerprint density at radius 1 is 1.33 bits per heavy atom. The first-order chi connectivity index (χ1) is 7.36. The summed E-state index contributed by atoms with van der Waals surface area (Å²) in [6.07, 6.45) is 9.43. The van der Waals surface area contributed by atoms with Gasteiger partial charge in [-0.3, -0.25) is 4.90 Å². The van der Waals surface area contributed by atoms with Gasteiger partial charge >= 0.3 is 0 Å². The standard InChI is InChI=1S/C13H21NO/c1-12(13-5-3-2-4-6-13)11-14-7-9-15-10-8-14/h3,5-6,12H,2,4,7-11H2,1H3. The highest BCUT2D eigenvalue weighted by atomic mass is 16.5. The number of hydrogen-bond acceptors (Lipinski definition) is 2. The fraction of sp³-hybridized carbons (Fsp3) is 0.692. The maximum absolute atomic E-state index is 5.36. The molecule has 15 heavy (non-hydrogen) atoms. The van der Waals surface area contributed by atoms with E-state index in [1.807, 2.05) is 0 Å². The molecule has 0 N–H and O–H groups in total. The van der Waals surface area contributed by atoms with Crippen LogP contribution in [0, 0.1) is 5.92 Å². The molecule has 2 rings (SSSR count). The van der Waals surface area contributed by atoms with Crippen molar-refractivity contribution in [3.63, 3.8) is 0 Å². The van der Waals surface area contributed by atoms with Gasteiger partial charge in [-0.25, -0.2) is 0 Å². The highest BCUT2D eigenvalue weighted by molar-refractivity contribution is 5.24. The highest BCUT2D eigenvalue weighted by Crippen LogP contribution is 2.19. The molecule has 0 amide bonds. The molecule has 0 aromatic carbocycles. The van der Waals surface area contributed by atoms with Crippen molar-refractivity contribution in [3.05, 3.63) is 23.8 Å². The molecule has 0 bridgehead atoms. The Labute approximate surface area is 92.6 Å². The van der Waals surface area contributed by atoms with E-state index < -0.39 is 0 Å². The molecular formula is C13H21NO. The van der Waals surface area contributed by atoms with Gasteiger partial charge in [-0.05, 0) is 24.3 Å². The van der Waals surface area contributed by atoms with Crippen LogP contribution in [0.5, 0.6) is 0 Å². The third-order valence-electron chi connectivity index (χ3n) is 3.23. The van der Waals surface area contributed by atoms with Crippen LogP contribution in [-0.4, -0.2) is 37.7 Å². The van der Waals surface area contributed by atoms with Crippen molar-refractivity contribution in [1.82, 2.24) is 4.90 Å². The number of morpholine rings is 1. The van der Waals surface area contributed by atoms with E-state index in [9.17, 15) is 0 Å². The van der Waals surface area contributed by atoms with Crippen molar-refractivity contribution in [1.29, 1.82) is 0 Å². The second kappa shape index (κ2) is 5.47. The third-order valence-corrected chi connectivity index (χ3v) is 3.23. The molecular weight excluding hydrogens is 186 g/mol. The number of rotatable bonds is 3. The Morgan fingerprint density at radius 3 is 2.80 bits per heavy atom. The smallest absolute Gasteiger partial charge is 0.0594 e. The molecule has 1 unspecified atom stereocenters. The van der Waals surface area contributed by atoms with Gasteiger partial charge in [-0.1, -0.05) is 25.2 Å². The topological polar surface area (TPSA) is 12.5 Å². The average Bonchev–Trinajstić information content (AvgIpc) is 2.31. The summed E-state index contributed by atoms with van der Waals surface area (Å²) in [6, 6.07) is 0. The fourth-order valence-corrected chi connectivity index (χ4v) is 2.28. The zero-order valence-corrected chi connectivity index (χ0v) is 9.61. The van der Waals surface area contributed by atoms with Crippen LogP contribution in [-0.2, 0) is 4.74 Å². The molecule has 0 radical (unpaired) electrons. The zero-order chi connectivity index (χ0) is 10.5. The van der Waals surface area contributed by atoms with Crippen molar-refractivity contribution in [2.45, 2.75) is 19.8 Å². The fourth-order valence-electron chi connectivity index (χ4n) is 2.28. The normalized spacial score (nSPS) is 25.0. The molecule has 1 fully saturated rings. The van der Waals surface area contributed by atoms with Gasteiger partial charge in [-0.2, -0.15) is 0 Å². The number of allylic oxidation sites excluding steroid dienone is 3. The monoisotopic (exact) mass is 207 g/mol. The Morgan fingerprint density at radius 2 is 2.13 bits per heavy atom. The molecule has 0 saturated carbocycles. The van der Waals surface area contributed by atoms with Crippen molar-refractivity contribution in [2.24, 2.45) is 5.92 Å². The second-order valence-corrected chi connectivity index (χ2v) is 4.50. The maximum Gasteiger partial charge on any atom is 0.0594 e. The van der Waals surface area contributed by atoms with Gasteiger partial charge in [0.05, 0.1) is 13.2 Å². The Bertz CT molecular complexity index is 251. The summed E-state index contributed by atoms with van der Waals surface area (Å²) in [4.78, 5) is 2.51. The van der Waals surface area contributed by atoms with Gasteiger partial charge in [0.1, 0.15) is 0 Å². The van der Waals surface area contributed by atoms with E-state index in [1.165, 1.54) is 25.0 Å². The minimum atomic E-state index is 0.666. The molecule has 1 saturated heterocycles. The largest absolute Gasteiger partial charge is 0.379 e. The van der Waals surface area contributed by atoms with Crippen molar-refractivity contribution >= 4 is 0 Å². The summed E-state index contributed by atoms with van der Waals surface area (Å²) in [5, 5.41) is 0. The second-order valence-electron chi connectivity index (χ2n) is 4.50. The van der Waals surface area contributed by atoms with E-state index in [2.05, 4.69) is 30.1 Å². The van der Waals surface area contributed by atoms with Crippen LogP contribution in [0.15, 0.2) is 23.8 Å². The molecule has 2 aliphatic rings. The molecule has 1 atom stereocenters. The van der Waals surface area contributed by atoms with E-state index in [-0.39, 0.29) is 0 Å². The first kappa shape index (κ1) is 10.9. The minimum Gasteiger partial charge on any atom is -0.379 e. The quantitative estimate of drug-likeness (QED) is 0.703. The summed E-state index contributed by atoms with van der Waals surface area (Å²) in [6.45, 7) is 7.52. The summed E-state index contributed by atoms with van der Waals surface area (Å²) in [5.41, 5.74) is 1.52. The predicted molar refractivity (Wildman–Crippen MR) is 62.9 cm³/mol. The SMILES string of the molecule is CC(CN1CCOCC1)C1=CCCC=C1. The molecule has 1 aliphatic heterocycles. The molecule has 0 aromatic heterocycles. The van der Waals surface area contributed by atoms with Gasteiger partial charge < -0.3 is 4.74 Å². The summed E-state index contributed by atoms with van der Waals surface area (Å²) >= 11 is 0. The first-order valence-corrected chi connectivity index (χ1v) is 6.03. The molecule has 1 aliphatic carbocycles. The van der Waals surface area contributed by atoms with E-state index in [0.29, 0.717) is 5.92 Å². The Balaban J connectivity index is 1.82. The van der Waals surface area contributed by atoms with Gasteiger partial charge in [-0.15, -0.1) is 0 Å². The Hall–Kier alpha value is -0.600. The Kier molecular flexibility index (Phi) is 3.98. The van der Waals surface area contributed by atoms with Crippen LogP contribution >= 0.6 is 0 Å². The van der Waals surface area contributed by atoms with Gasteiger partial charge in [0.2, 0.25) is 0 Å². The molecule has 2 heteroatoms. The van der Waals surface area contributed by atoms with Gasteiger partial charge in [0.15, 0.2) is 0 Å². The lowest BCUT2D eigenvalue weighted by molar-refractivity contribution is 0.0339. The van der Waals surface area contributed by atoms with Crippen LogP contribution in [0.1, 0.15) is 19.8 Å². The molecule has 1 heterocycles. The molecule has 0 aromatic rings. The van der Waals surface area contributed by atoms with Gasteiger partial charge in [0, 0.05) is 19.6 Å². The summed E-state index contributed by atoms with van der Waals surface area (Å²) in [5.74, 6) is 0.666. The summed E-state index contributed by atoms with van der Waals surface area (Å²) < 4.78 is 5.36. The number of nitrogens with zero attached hydrogens (tertiary/aromatic N) is 1. The lowest BCUT2D eigenvalue weighted by Crippen LogP contribution is -2.39. The number of ether oxygens (including phenoxy) is 1. The minimum absolute atomic E-state index is 0.666. The van der Waals surface area contributed by atoms with Crippen LogP contribution in [0.25, 0.3) is 0 Å².